The number of ether oxygens (including phenoxy) is 3. The van der Waals surface area contributed by atoms with Crippen LogP contribution in [0.1, 0.15) is 11.1 Å². The van der Waals surface area contributed by atoms with E-state index in [0.717, 1.165) is 21.3 Å². The highest BCUT2D eigenvalue weighted by molar-refractivity contribution is 9.10. The first-order valence-electron chi connectivity index (χ1n) is 8.96. The molecule has 1 heterocycles. The molecule has 2 aromatic rings. The molecule has 3 rings (SSSR count). The quantitative estimate of drug-likeness (QED) is 0.309. The third-order valence-electron chi connectivity index (χ3n) is 3.96. The highest BCUT2D eigenvalue weighted by atomic mass is 79.9. The third kappa shape index (κ3) is 6.57. The lowest BCUT2D eigenvalue weighted by atomic mass is 10.2. The zero-order valence-electron chi connectivity index (χ0n) is 15.8. The van der Waals surface area contributed by atoms with Crippen LogP contribution >= 0.6 is 39.9 Å². The second-order valence-corrected chi connectivity index (χ2v) is 8.74. The maximum atomic E-state index is 11.9. The van der Waals surface area contributed by atoms with E-state index in [2.05, 4.69) is 21.2 Å². The lowest BCUT2D eigenvalue weighted by Gasteiger charge is -2.11. The molecule has 0 bridgehead atoms. The highest BCUT2D eigenvalue weighted by Crippen LogP contribution is 2.31. The van der Waals surface area contributed by atoms with Gasteiger partial charge in [-0.2, -0.15) is 0 Å². The van der Waals surface area contributed by atoms with Gasteiger partial charge in [0.1, 0.15) is 29.0 Å². The Morgan fingerprint density at radius 1 is 1.07 bits per heavy atom. The summed E-state index contributed by atoms with van der Waals surface area (Å²) in [7, 11) is 0. The van der Waals surface area contributed by atoms with Crippen molar-refractivity contribution in [2.45, 2.75) is 6.92 Å². The highest BCUT2D eigenvalue weighted by Gasteiger charge is 2.22. The van der Waals surface area contributed by atoms with Gasteiger partial charge in [-0.25, -0.2) is 0 Å². The van der Waals surface area contributed by atoms with Crippen molar-refractivity contribution in [2.75, 3.05) is 26.4 Å². The van der Waals surface area contributed by atoms with Gasteiger partial charge in [0.05, 0.1) is 18.1 Å². The molecule has 5 nitrogen and oxygen atoms in total. The molecular formula is C21H20BrNO4S2. The Hall–Kier alpha value is -1.87. The summed E-state index contributed by atoms with van der Waals surface area (Å²) in [6, 6.07) is 13.5. The molecule has 1 saturated heterocycles. The second-order valence-electron chi connectivity index (χ2n) is 6.11. The van der Waals surface area contributed by atoms with E-state index in [0.29, 0.717) is 41.4 Å². The Bertz CT molecular complexity index is 933. The van der Waals surface area contributed by atoms with Gasteiger partial charge in [-0.3, -0.25) is 4.79 Å². The van der Waals surface area contributed by atoms with E-state index in [1.807, 2.05) is 49.4 Å². The number of rotatable bonds is 9. The van der Waals surface area contributed by atoms with Crippen LogP contribution in [0.5, 0.6) is 11.5 Å². The fourth-order valence-corrected chi connectivity index (χ4v) is 3.98. The van der Waals surface area contributed by atoms with Crippen LogP contribution in [-0.2, 0) is 9.53 Å². The number of thiocarbonyl (C=S) groups is 1. The summed E-state index contributed by atoms with van der Waals surface area (Å²) in [6.07, 6.45) is 1.77. The number of aryl methyl sites for hydroxylation is 1. The van der Waals surface area contributed by atoms with Gasteiger partial charge >= 0.3 is 0 Å². The maximum absolute atomic E-state index is 11.9. The number of hydrogen-bond acceptors (Lipinski definition) is 6. The first-order valence-corrected chi connectivity index (χ1v) is 11.0. The topological polar surface area (TPSA) is 56.8 Å². The Morgan fingerprint density at radius 3 is 2.48 bits per heavy atom. The van der Waals surface area contributed by atoms with Gasteiger partial charge < -0.3 is 19.5 Å². The van der Waals surface area contributed by atoms with E-state index in [4.69, 9.17) is 26.4 Å². The van der Waals surface area contributed by atoms with Crippen molar-refractivity contribution >= 4 is 56.2 Å². The van der Waals surface area contributed by atoms with Gasteiger partial charge in [0.15, 0.2) is 0 Å². The predicted molar refractivity (Wildman–Crippen MR) is 123 cm³/mol. The largest absolute Gasteiger partial charge is 0.491 e. The molecule has 0 unspecified atom stereocenters. The smallest absolute Gasteiger partial charge is 0.263 e. The van der Waals surface area contributed by atoms with Gasteiger partial charge in [0, 0.05) is 10.0 Å². The molecule has 1 fully saturated rings. The molecule has 0 radical (unpaired) electrons. The number of amides is 1. The van der Waals surface area contributed by atoms with Crippen LogP contribution in [-0.4, -0.2) is 36.7 Å². The minimum atomic E-state index is -0.192. The molecule has 0 spiro atoms. The van der Waals surface area contributed by atoms with E-state index in [1.165, 1.54) is 11.8 Å². The van der Waals surface area contributed by atoms with Crippen LogP contribution in [0.4, 0.5) is 0 Å². The number of carbonyl (C=O) groups excluding carboxylic acids is 1. The lowest BCUT2D eigenvalue weighted by Crippen LogP contribution is -2.17. The predicted octanol–water partition coefficient (Wildman–Crippen LogP) is 4.72. The van der Waals surface area contributed by atoms with E-state index in [9.17, 15) is 4.79 Å². The van der Waals surface area contributed by atoms with Gasteiger partial charge in [-0.15, -0.1) is 0 Å². The van der Waals surface area contributed by atoms with E-state index >= 15 is 0 Å². The summed E-state index contributed by atoms with van der Waals surface area (Å²) >= 11 is 9.72. The Labute approximate surface area is 187 Å². The molecule has 0 aromatic heterocycles. The number of halogens is 1. The molecule has 152 valence electrons. The zero-order chi connectivity index (χ0) is 20.6. The van der Waals surface area contributed by atoms with Crippen molar-refractivity contribution in [1.29, 1.82) is 0 Å². The molecule has 2 aromatic carbocycles. The molecule has 1 amide bonds. The zero-order valence-corrected chi connectivity index (χ0v) is 19.0. The molecule has 29 heavy (non-hydrogen) atoms. The SMILES string of the molecule is Cc1ccccc1OCCOCCOc1ccc(Br)cc1/C=C1/SC(=S)NC1=O. The molecule has 1 N–H and O–H groups in total. The monoisotopic (exact) mass is 493 g/mol. The average molecular weight is 494 g/mol. The second kappa shape index (κ2) is 10.8. The van der Waals surface area contributed by atoms with Crippen LogP contribution in [0, 0.1) is 6.92 Å². The third-order valence-corrected chi connectivity index (χ3v) is 5.62. The van der Waals surface area contributed by atoms with Crippen LogP contribution in [0.2, 0.25) is 0 Å². The number of benzene rings is 2. The number of nitrogens with one attached hydrogen (secondary N) is 1. The summed E-state index contributed by atoms with van der Waals surface area (Å²) in [5.74, 6) is 1.35. The molecule has 0 aliphatic carbocycles. The van der Waals surface area contributed by atoms with Crippen LogP contribution in [0.15, 0.2) is 51.8 Å². The Kier molecular flexibility index (Phi) is 8.11. The summed E-state index contributed by atoms with van der Waals surface area (Å²) in [5, 5.41) is 2.61. The lowest BCUT2D eigenvalue weighted by molar-refractivity contribution is -0.115. The van der Waals surface area contributed by atoms with Gasteiger partial charge in [0.2, 0.25) is 0 Å². The van der Waals surface area contributed by atoms with Crippen LogP contribution in [0.3, 0.4) is 0 Å². The standard InChI is InChI=1S/C21H20BrNO4S2/c1-14-4-2-3-5-17(14)26-10-8-25-9-11-27-18-7-6-16(22)12-15(18)13-19-20(24)23-21(28)29-19/h2-7,12-13H,8-11H2,1H3,(H,23,24,28)/b19-13+. The van der Waals surface area contributed by atoms with Crippen molar-refractivity contribution in [2.24, 2.45) is 0 Å². The Morgan fingerprint density at radius 2 is 1.79 bits per heavy atom. The first-order chi connectivity index (χ1) is 14.0. The summed E-state index contributed by atoms with van der Waals surface area (Å²) < 4.78 is 18.5. The number of hydrogen-bond donors (Lipinski definition) is 1. The van der Waals surface area contributed by atoms with Crippen molar-refractivity contribution in [3.05, 3.63) is 63.0 Å². The molecular weight excluding hydrogens is 474 g/mol. The van der Waals surface area contributed by atoms with Crippen LogP contribution < -0.4 is 14.8 Å². The van der Waals surface area contributed by atoms with Crippen molar-refractivity contribution in [3.8, 4) is 11.5 Å². The Balaban J connectivity index is 1.46. The average Bonchev–Trinajstić information content (AvgIpc) is 3.00. The molecule has 0 atom stereocenters. The van der Waals surface area contributed by atoms with Gasteiger partial charge in [0.25, 0.3) is 5.91 Å². The van der Waals surface area contributed by atoms with Crippen LogP contribution in [0.25, 0.3) is 6.08 Å². The summed E-state index contributed by atoms with van der Waals surface area (Å²) in [4.78, 5) is 12.4. The van der Waals surface area contributed by atoms with E-state index in [1.54, 1.807) is 6.08 Å². The van der Waals surface area contributed by atoms with Crippen molar-refractivity contribution in [3.63, 3.8) is 0 Å². The normalized spacial score (nSPS) is 14.9. The summed E-state index contributed by atoms with van der Waals surface area (Å²) in [5.41, 5.74) is 1.90. The van der Waals surface area contributed by atoms with Gasteiger partial charge in [-0.05, 0) is 42.8 Å². The molecule has 0 saturated carbocycles. The molecule has 1 aliphatic rings. The molecule has 8 heteroatoms. The van der Waals surface area contributed by atoms with Gasteiger partial charge in [-0.1, -0.05) is 58.1 Å². The van der Waals surface area contributed by atoms with Crippen molar-refractivity contribution in [1.82, 2.24) is 5.32 Å². The number of carbonyl (C=O) groups is 1. The van der Waals surface area contributed by atoms with E-state index < -0.39 is 0 Å². The maximum Gasteiger partial charge on any atom is 0.263 e. The number of para-hydroxylation sites is 1. The minimum Gasteiger partial charge on any atom is -0.491 e. The number of thioether (sulfide) groups is 1. The molecule has 1 aliphatic heterocycles. The van der Waals surface area contributed by atoms with Crippen molar-refractivity contribution < 1.29 is 19.0 Å². The minimum absolute atomic E-state index is 0.192. The summed E-state index contributed by atoms with van der Waals surface area (Å²) in [6.45, 7) is 3.79. The fraction of sp³-hybridized carbons (Fsp3) is 0.238. The first kappa shape index (κ1) is 21.8. The van der Waals surface area contributed by atoms with E-state index in [-0.39, 0.29) is 5.91 Å². The fourth-order valence-electron chi connectivity index (χ4n) is 2.57.